The summed E-state index contributed by atoms with van der Waals surface area (Å²) in [4.78, 5) is 13.8. The first-order chi connectivity index (χ1) is 10.1. The lowest BCUT2D eigenvalue weighted by atomic mass is 10.1. The molecule has 1 heterocycles. The zero-order chi connectivity index (χ0) is 15.1. The normalized spacial score (nSPS) is 10.6. The smallest absolute Gasteiger partial charge is 0.224 e. The van der Waals surface area contributed by atoms with Crippen LogP contribution in [0.25, 0.3) is 11.4 Å². The van der Waals surface area contributed by atoms with Crippen LogP contribution >= 0.6 is 0 Å². The molecule has 2 rings (SSSR count). The predicted molar refractivity (Wildman–Crippen MR) is 78.3 cm³/mol. The van der Waals surface area contributed by atoms with Crippen molar-refractivity contribution in [2.45, 2.75) is 6.42 Å². The minimum absolute atomic E-state index is 0.0175. The summed E-state index contributed by atoms with van der Waals surface area (Å²) in [5.74, 6) is 0.489. The van der Waals surface area contributed by atoms with Gasteiger partial charge in [0.25, 0.3) is 0 Å². The molecule has 0 fully saturated rings. The summed E-state index contributed by atoms with van der Waals surface area (Å²) in [5, 5.41) is 18.0. The van der Waals surface area contributed by atoms with Gasteiger partial charge < -0.3 is 10.2 Å². The highest BCUT2D eigenvalue weighted by molar-refractivity contribution is 5.78. The molecule has 0 atom stereocenters. The number of carbonyl (C=O) groups is 1. The van der Waals surface area contributed by atoms with E-state index in [0.717, 1.165) is 17.7 Å². The van der Waals surface area contributed by atoms with E-state index in [9.17, 15) is 4.79 Å². The third-order valence-electron chi connectivity index (χ3n) is 2.87. The van der Waals surface area contributed by atoms with Crippen molar-refractivity contribution in [1.82, 2.24) is 30.6 Å². The fraction of sp³-hybridized carbons (Fsp3) is 0.357. The topological polar surface area (TPSA) is 83.9 Å². The molecule has 2 aromatic rings. The van der Waals surface area contributed by atoms with E-state index in [1.807, 2.05) is 43.3 Å². The average molecular weight is 286 g/mol. The quantitative estimate of drug-likeness (QED) is 0.814. The molecular formula is C14H18N6O. The van der Waals surface area contributed by atoms with Gasteiger partial charge in [-0.2, -0.15) is 0 Å². The summed E-state index contributed by atoms with van der Waals surface area (Å²) in [5.41, 5.74) is 1.77. The van der Waals surface area contributed by atoms with Gasteiger partial charge in [-0.3, -0.25) is 4.79 Å². The molecule has 7 heteroatoms. The molecule has 21 heavy (non-hydrogen) atoms. The first kappa shape index (κ1) is 15.0. The van der Waals surface area contributed by atoms with Crippen molar-refractivity contribution in [3.8, 4) is 11.4 Å². The Morgan fingerprint density at radius 3 is 2.43 bits per heavy atom. The number of nitrogens with one attached hydrogen (secondary N) is 1. The highest BCUT2D eigenvalue weighted by atomic mass is 16.1. The molecule has 0 unspecified atom stereocenters. The maximum atomic E-state index is 11.8. The van der Waals surface area contributed by atoms with Crippen molar-refractivity contribution in [1.29, 1.82) is 0 Å². The fourth-order valence-corrected chi connectivity index (χ4v) is 1.76. The molecular weight excluding hydrogens is 268 g/mol. The molecule has 0 radical (unpaired) electrons. The molecule has 7 nitrogen and oxygen atoms in total. The second-order valence-corrected chi connectivity index (χ2v) is 4.90. The van der Waals surface area contributed by atoms with E-state index in [2.05, 4.69) is 25.7 Å². The number of hydrogen-bond acceptors (Lipinski definition) is 6. The van der Waals surface area contributed by atoms with Crippen LogP contribution in [0, 0.1) is 0 Å². The summed E-state index contributed by atoms with van der Waals surface area (Å²) in [6.45, 7) is 1.48. The van der Waals surface area contributed by atoms with Crippen LogP contribution in [0.15, 0.2) is 30.6 Å². The van der Waals surface area contributed by atoms with Gasteiger partial charge in [0.1, 0.15) is 0 Å². The van der Waals surface area contributed by atoms with E-state index < -0.39 is 0 Å². The van der Waals surface area contributed by atoms with Crippen molar-refractivity contribution in [2.24, 2.45) is 0 Å². The summed E-state index contributed by atoms with van der Waals surface area (Å²) in [7, 11) is 3.94. The maximum absolute atomic E-state index is 11.8. The predicted octanol–water partition coefficient (Wildman–Crippen LogP) is 0.154. The Bertz CT molecular complexity index is 570. The van der Waals surface area contributed by atoms with Crippen LogP contribution in [0.4, 0.5) is 0 Å². The molecule has 0 aliphatic carbocycles. The minimum atomic E-state index is 0.0175. The standard InChI is InChI=1S/C14H18N6O/c1-20(2)8-7-15-13(21)9-11-3-5-12(6-4-11)14-18-16-10-17-19-14/h3-6,10H,7-9H2,1-2H3,(H,15,21). The maximum Gasteiger partial charge on any atom is 0.224 e. The number of rotatable bonds is 6. The van der Waals surface area contributed by atoms with Gasteiger partial charge in [-0.05, 0) is 19.7 Å². The summed E-state index contributed by atoms with van der Waals surface area (Å²) in [6.07, 6.45) is 1.65. The molecule has 0 saturated carbocycles. The molecule has 1 aromatic heterocycles. The number of aromatic nitrogens is 4. The minimum Gasteiger partial charge on any atom is -0.355 e. The van der Waals surface area contributed by atoms with E-state index in [-0.39, 0.29) is 5.91 Å². The zero-order valence-corrected chi connectivity index (χ0v) is 12.2. The van der Waals surface area contributed by atoms with E-state index in [1.165, 1.54) is 6.33 Å². The van der Waals surface area contributed by atoms with Gasteiger partial charge in [0.2, 0.25) is 11.7 Å². The van der Waals surface area contributed by atoms with E-state index in [4.69, 9.17) is 0 Å². The molecule has 1 N–H and O–H groups in total. The van der Waals surface area contributed by atoms with Crippen molar-refractivity contribution in [3.05, 3.63) is 36.2 Å². The second kappa shape index (κ2) is 7.39. The fourth-order valence-electron chi connectivity index (χ4n) is 1.76. The highest BCUT2D eigenvalue weighted by Gasteiger charge is 2.05. The van der Waals surface area contributed by atoms with Crippen molar-refractivity contribution >= 4 is 5.91 Å². The third kappa shape index (κ3) is 4.88. The Labute approximate surface area is 123 Å². The number of amides is 1. The SMILES string of the molecule is CN(C)CCNC(=O)Cc1ccc(-c2nncnn2)cc1. The van der Waals surface area contributed by atoms with Crippen LogP contribution in [-0.4, -0.2) is 58.4 Å². The number of hydrogen-bond donors (Lipinski definition) is 1. The van der Waals surface area contributed by atoms with Crippen molar-refractivity contribution in [2.75, 3.05) is 27.2 Å². The average Bonchev–Trinajstić information content (AvgIpc) is 2.48. The molecule has 0 aliphatic heterocycles. The van der Waals surface area contributed by atoms with Gasteiger partial charge in [-0.25, -0.2) is 0 Å². The number of benzene rings is 1. The Morgan fingerprint density at radius 1 is 1.14 bits per heavy atom. The van der Waals surface area contributed by atoms with Gasteiger partial charge in [0.05, 0.1) is 6.42 Å². The molecule has 0 spiro atoms. The van der Waals surface area contributed by atoms with Crippen LogP contribution in [0.2, 0.25) is 0 Å². The Kier molecular flexibility index (Phi) is 5.28. The molecule has 0 saturated heterocycles. The molecule has 110 valence electrons. The largest absolute Gasteiger partial charge is 0.355 e. The number of likely N-dealkylation sites (N-methyl/N-ethyl adjacent to an activating group) is 1. The Morgan fingerprint density at radius 2 is 1.81 bits per heavy atom. The first-order valence-electron chi connectivity index (χ1n) is 6.66. The molecule has 1 aromatic carbocycles. The van der Waals surface area contributed by atoms with Gasteiger partial charge in [-0.15, -0.1) is 20.4 Å². The Balaban J connectivity index is 1.89. The monoisotopic (exact) mass is 286 g/mol. The lowest BCUT2D eigenvalue weighted by Gasteiger charge is -2.10. The van der Waals surface area contributed by atoms with Crippen LogP contribution in [0.1, 0.15) is 5.56 Å². The van der Waals surface area contributed by atoms with E-state index >= 15 is 0 Å². The molecule has 0 aliphatic rings. The lowest BCUT2D eigenvalue weighted by molar-refractivity contribution is -0.120. The second-order valence-electron chi connectivity index (χ2n) is 4.90. The summed E-state index contributed by atoms with van der Waals surface area (Å²) in [6, 6.07) is 7.50. The lowest BCUT2D eigenvalue weighted by Crippen LogP contribution is -2.32. The van der Waals surface area contributed by atoms with Crippen LogP contribution in [-0.2, 0) is 11.2 Å². The van der Waals surface area contributed by atoms with Gasteiger partial charge >= 0.3 is 0 Å². The molecule has 0 bridgehead atoms. The first-order valence-corrected chi connectivity index (χ1v) is 6.66. The number of carbonyl (C=O) groups excluding carboxylic acids is 1. The summed E-state index contributed by atoms with van der Waals surface area (Å²) < 4.78 is 0. The van der Waals surface area contributed by atoms with Crippen LogP contribution in [0.5, 0.6) is 0 Å². The summed E-state index contributed by atoms with van der Waals surface area (Å²) >= 11 is 0. The van der Waals surface area contributed by atoms with E-state index in [1.54, 1.807) is 0 Å². The Hall–Kier alpha value is -2.41. The van der Waals surface area contributed by atoms with Crippen molar-refractivity contribution in [3.63, 3.8) is 0 Å². The van der Waals surface area contributed by atoms with Gasteiger partial charge in [0.15, 0.2) is 6.33 Å². The van der Waals surface area contributed by atoms with Crippen molar-refractivity contribution < 1.29 is 4.79 Å². The highest BCUT2D eigenvalue weighted by Crippen LogP contribution is 2.13. The third-order valence-corrected chi connectivity index (χ3v) is 2.87. The zero-order valence-electron chi connectivity index (χ0n) is 12.2. The van der Waals surface area contributed by atoms with Crippen LogP contribution in [0.3, 0.4) is 0 Å². The van der Waals surface area contributed by atoms with Gasteiger partial charge in [0, 0.05) is 18.7 Å². The van der Waals surface area contributed by atoms with Crippen LogP contribution < -0.4 is 5.32 Å². The molecule has 1 amide bonds. The number of nitrogens with zero attached hydrogens (tertiary/aromatic N) is 5. The van der Waals surface area contributed by atoms with E-state index in [0.29, 0.717) is 18.8 Å². The van der Waals surface area contributed by atoms with Gasteiger partial charge in [-0.1, -0.05) is 24.3 Å².